The van der Waals surface area contributed by atoms with E-state index in [0.717, 1.165) is 0 Å². The largest absolute Gasteiger partial charge is 0.481 e. The summed E-state index contributed by atoms with van der Waals surface area (Å²) >= 11 is 0. The minimum absolute atomic E-state index is 0.0822. The Kier molecular flexibility index (Phi) is 9.19. The Hall–Kier alpha value is -2.42. The molecule has 0 aromatic heterocycles. The highest BCUT2D eigenvalue weighted by molar-refractivity contribution is 5.90. The Morgan fingerprint density at radius 1 is 1.05 bits per heavy atom. The van der Waals surface area contributed by atoms with Gasteiger partial charge in [0.05, 0.1) is 6.04 Å². The molecule has 0 radical (unpaired) electrons. The second kappa shape index (κ2) is 10.3. The third-order valence-corrected chi connectivity index (χ3v) is 2.71. The molecule has 0 aromatic carbocycles. The van der Waals surface area contributed by atoms with Crippen LogP contribution in [-0.4, -0.2) is 52.6 Å². The number of rotatable bonds is 11. The quantitative estimate of drug-likeness (QED) is 0.300. The molecule has 22 heavy (non-hydrogen) atoms. The number of hydrogen-bond donors (Lipinski definition) is 5. The summed E-state index contributed by atoms with van der Waals surface area (Å²) in [5.41, 5.74) is 5.53. The standard InChI is InChI=1S/C13H21N3O6/c1-2-7-15-13(22)9(4-6-11(19)20)16-12(21)8(14)3-5-10(17)18/h2,8-9H,1,3-7,14H2,(H,15,22)(H,16,21)(H,17,18)(H,19,20)/t8-,9-/m0/s1. The summed E-state index contributed by atoms with van der Waals surface area (Å²) in [4.78, 5) is 44.7. The molecule has 0 aliphatic rings. The number of carboxylic acid groups (broad SMARTS) is 2. The third-order valence-electron chi connectivity index (χ3n) is 2.71. The monoisotopic (exact) mass is 315 g/mol. The normalized spacial score (nSPS) is 12.8. The number of carboxylic acids is 2. The van der Waals surface area contributed by atoms with Crippen molar-refractivity contribution in [3.63, 3.8) is 0 Å². The zero-order valence-electron chi connectivity index (χ0n) is 12.1. The first-order chi connectivity index (χ1) is 10.3. The molecule has 0 aromatic rings. The van der Waals surface area contributed by atoms with Crippen LogP contribution < -0.4 is 16.4 Å². The highest BCUT2D eigenvalue weighted by Crippen LogP contribution is 2.01. The zero-order chi connectivity index (χ0) is 17.1. The lowest BCUT2D eigenvalue weighted by Gasteiger charge is -2.19. The number of aliphatic carboxylic acids is 2. The highest BCUT2D eigenvalue weighted by atomic mass is 16.4. The van der Waals surface area contributed by atoms with Gasteiger partial charge in [0.15, 0.2) is 0 Å². The van der Waals surface area contributed by atoms with Crippen LogP contribution in [0.15, 0.2) is 12.7 Å². The van der Waals surface area contributed by atoms with E-state index >= 15 is 0 Å². The van der Waals surface area contributed by atoms with E-state index in [1.54, 1.807) is 0 Å². The van der Waals surface area contributed by atoms with E-state index in [0.29, 0.717) is 0 Å². The number of amides is 2. The van der Waals surface area contributed by atoms with Crippen LogP contribution in [0.3, 0.4) is 0 Å². The van der Waals surface area contributed by atoms with Crippen LogP contribution >= 0.6 is 0 Å². The van der Waals surface area contributed by atoms with Crippen LogP contribution in [0.25, 0.3) is 0 Å². The van der Waals surface area contributed by atoms with Gasteiger partial charge in [0.25, 0.3) is 0 Å². The SMILES string of the molecule is C=CCNC(=O)[C@H](CCC(=O)O)NC(=O)[C@@H](N)CCC(=O)O. The van der Waals surface area contributed by atoms with Gasteiger partial charge in [-0.1, -0.05) is 6.08 Å². The van der Waals surface area contributed by atoms with Gasteiger partial charge in [-0.15, -0.1) is 6.58 Å². The lowest BCUT2D eigenvalue weighted by molar-refractivity contribution is -0.139. The van der Waals surface area contributed by atoms with Crippen molar-refractivity contribution in [3.8, 4) is 0 Å². The molecule has 9 heteroatoms. The lowest BCUT2D eigenvalue weighted by atomic mass is 10.1. The molecule has 2 amide bonds. The molecule has 0 bridgehead atoms. The first-order valence-corrected chi connectivity index (χ1v) is 6.66. The topological polar surface area (TPSA) is 159 Å². The maximum absolute atomic E-state index is 11.8. The molecule has 0 rings (SSSR count). The van der Waals surface area contributed by atoms with Gasteiger partial charge in [0.2, 0.25) is 11.8 Å². The maximum atomic E-state index is 11.8. The van der Waals surface area contributed by atoms with Gasteiger partial charge >= 0.3 is 11.9 Å². The van der Waals surface area contributed by atoms with E-state index in [1.807, 2.05) is 0 Å². The van der Waals surface area contributed by atoms with Gasteiger partial charge < -0.3 is 26.6 Å². The van der Waals surface area contributed by atoms with Crippen LogP contribution in [0.4, 0.5) is 0 Å². The summed E-state index contributed by atoms with van der Waals surface area (Å²) in [5, 5.41) is 22.0. The van der Waals surface area contributed by atoms with Crippen LogP contribution in [0, 0.1) is 0 Å². The molecule has 0 fully saturated rings. The molecule has 0 aliphatic heterocycles. The van der Waals surface area contributed by atoms with E-state index < -0.39 is 35.8 Å². The van der Waals surface area contributed by atoms with Crippen molar-refractivity contribution >= 4 is 23.8 Å². The Bertz CT molecular complexity index is 437. The molecule has 2 atom stereocenters. The highest BCUT2D eigenvalue weighted by Gasteiger charge is 2.24. The number of nitrogens with two attached hydrogens (primary N) is 1. The molecule has 0 saturated heterocycles. The lowest BCUT2D eigenvalue weighted by Crippen LogP contribution is -2.51. The van der Waals surface area contributed by atoms with Crippen LogP contribution in [0.2, 0.25) is 0 Å². The van der Waals surface area contributed by atoms with Crippen molar-refractivity contribution in [1.29, 1.82) is 0 Å². The first kappa shape index (κ1) is 19.6. The summed E-state index contributed by atoms with van der Waals surface area (Å²) in [6.07, 6.45) is 0.664. The van der Waals surface area contributed by atoms with Gasteiger partial charge in [-0.3, -0.25) is 19.2 Å². The van der Waals surface area contributed by atoms with E-state index in [4.69, 9.17) is 15.9 Å². The predicted molar refractivity (Wildman–Crippen MR) is 76.9 cm³/mol. The zero-order valence-corrected chi connectivity index (χ0v) is 12.1. The summed E-state index contributed by atoms with van der Waals surface area (Å²) in [7, 11) is 0. The Balaban J connectivity index is 4.61. The predicted octanol–water partition coefficient (Wildman–Crippen LogP) is -1.17. The molecule has 0 aliphatic carbocycles. The van der Waals surface area contributed by atoms with E-state index in [-0.39, 0.29) is 32.2 Å². The van der Waals surface area contributed by atoms with E-state index in [2.05, 4.69) is 17.2 Å². The van der Waals surface area contributed by atoms with Gasteiger partial charge in [-0.2, -0.15) is 0 Å². The summed E-state index contributed by atoms with van der Waals surface area (Å²) in [5.74, 6) is -3.45. The molecule has 0 saturated carbocycles. The smallest absolute Gasteiger partial charge is 0.303 e. The number of nitrogens with one attached hydrogen (secondary N) is 2. The second-order valence-electron chi connectivity index (χ2n) is 4.57. The van der Waals surface area contributed by atoms with E-state index in [1.165, 1.54) is 6.08 Å². The first-order valence-electron chi connectivity index (χ1n) is 6.66. The van der Waals surface area contributed by atoms with Crippen molar-refractivity contribution in [2.45, 2.75) is 37.8 Å². The summed E-state index contributed by atoms with van der Waals surface area (Å²) < 4.78 is 0. The minimum atomic E-state index is -1.11. The number of carbonyl (C=O) groups is 4. The Labute approximate surface area is 127 Å². The molecule has 0 spiro atoms. The van der Waals surface area contributed by atoms with Crippen molar-refractivity contribution < 1.29 is 29.4 Å². The average Bonchev–Trinajstić information content (AvgIpc) is 2.45. The molecular weight excluding hydrogens is 294 g/mol. The molecule has 6 N–H and O–H groups in total. The maximum Gasteiger partial charge on any atom is 0.303 e. The molecule has 124 valence electrons. The molecule has 0 heterocycles. The van der Waals surface area contributed by atoms with Crippen molar-refractivity contribution in [3.05, 3.63) is 12.7 Å². The second-order valence-corrected chi connectivity index (χ2v) is 4.57. The third kappa shape index (κ3) is 8.69. The van der Waals surface area contributed by atoms with Crippen LogP contribution in [-0.2, 0) is 19.2 Å². The van der Waals surface area contributed by atoms with Gasteiger partial charge in [0, 0.05) is 19.4 Å². The van der Waals surface area contributed by atoms with Crippen LogP contribution in [0.1, 0.15) is 25.7 Å². The van der Waals surface area contributed by atoms with Crippen molar-refractivity contribution in [2.75, 3.05) is 6.54 Å². The minimum Gasteiger partial charge on any atom is -0.481 e. The number of hydrogen-bond acceptors (Lipinski definition) is 5. The fourth-order valence-electron chi connectivity index (χ4n) is 1.52. The molecular formula is C13H21N3O6. The molecule has 9 nitrogen and oxygen atoms in total. The molecule has 0 unspecified atom stereocenters. The fourth-order valence-corrected chi connectivity index (χ4v) is 1.52. The summed E-state index contributed by atoms with van der Waals surface area (Å²) in [6, 6.07) is -2.14. The number of carbonyl (C=O) groups excluding carboxylic acids is 2. The van der Waals surface area contributed by atoms with E-state index in [9.17, 15) is 19.2 Å². The van der Waals surface area contributed by atoms with Crippen molar-refractivity contribution in [2.24, 2.45) is 5.73 Å². The fraction of sp³-hybridized carbons (Fsp3) is 0.538. The van der Waals surface area contributed by atoms with Crippen molar-refractivity contribution in [1.82, 2.24) is 10.6 Å². The van der Waals surface area contributed by atoms with Crippen LogP contribution in [0.5, 0.6) is 0 Å². The van der Waals surface area contributed by atoms with Gasteiger partial charge in [-0.05, 0) is 12.8 Å². The van der Waals surface area contributed by atoms with Gasteiger partial charge in [-0.25, -0.2) is 0 Å². The Morgan fingerprint density at radius 3 is 2.09 bits per heavy atom. The van der Waals surface area contributed by atoms with Gasteiger partial charge in [0.1, 0.15) is 6.04 Å². The summed E-state index contributed by atoms with van der Waals surface area (Å²) in [6.45, 7) is 3.59. The average molecular weight is 315 g/mol. The Morgan fingerprint density at radius 2 is 1.59 bits per heavy atom.